The van der Waals surface area contributed by atoms with E-state index in [0.717, 1.165) is 14.6 Å². The van der Waals surface area contributed by atoms with Gasteiger partial charge in [-0.05, 0) is 32.9 Å². The van der Waals surface area contributed by atoms with Gasteiger partial charge in [0.1, 0.15) is 9.07 Å². The van der Waals surface area contributed by atoms with Crippen molar-refractivity contribution in [3.8, 4) is 0 Å². The highest BCUT2D eigenvalue weighted by molar-refractivity contribution is 8.24. The highest BCUT2D eigenvalue weighted by atomic mass is 32.2. The lowest BCUT2D eigenvalue weighted by molar-refractivity contribution is -0.523. The van der Waals surface area contributed by atoms with Crippen LogP contribution in [0.1, 0.15) is 25.0 Å². The lowest BCUT2D eigenvalue weighted by atomic mass is 10.1. The molecule has 0 amide bonds. The summed E-state index contributed by atoms with van der Waals surface area (Å²) in [5.74, 6) is 0. The van der Waals surface area contributed by atoms with E-state index in [1.807, 2.05) is 49.9 Å². The molecule has 21 heavy (non-hydrogen) atoms. The van der Waals surface area contributed by atoms with E-state index in [1.165, 1.54) is 5.56 Å². The smallest absolute Gasteiger partial charge is 0.254 e. The van der Waals surface area contributed by atoms with Gasteiger partial charge < -0.3 is 5.21 Å². The Labute approximate surface area is 135 Å². The van der Waals surface area contributed by atoms with Crippen LogP contribution in [-0.2, 0) is 0 Å². The van der Waals surface area contributed by atoms with Gasteiger partial charge in [-0.2, -0.15) is 4.74 Å². The Kier molecular flexibility index (Phi) is 4.74. The number of hydrogen-bond acceptors (Lipinski definition) is 3. The number of thioether (sulfide) groups is 1. The summed E-state index contributed by atoms with van der Waals surface area (Å²) in [7, 11) is 0. The van der Waals surface area contributed by atoms with Crippen molar-refractivity contribution >= 4 is 34.5 Å². The van der Waals surface area contributed by atoms with Gasteiger partial charge in [0.05, 0.1) is 0 Å². The standard InChI is InChI=1S/C16H20N2OS2/c1-5-10-17-14(16(3,4)21-15(17)20)18(19)11-13-8-6-12(2)7-9-13/h5-9,11,14H,1,10H2,2-4H3. The van der Waals surface area contributed by atoms with Gasteiger partial charge in [0.2, 0.25) is 0 Å². The quantitative estimate of drug-likeness (QED) is 0.212. The first-order chi connectivity index (χ1) is 9.85. The number of rotatable bonds is 4. The summed E-state index contributed by atoms with van der Waals surface area (Å²) < 4.78 is 1.51. The average Bonchev–Trinajstić information content (AvgIpc) is 2.62. The van der Waals surface area contributed by atoms with Gasteiger partial charge in [0, 0.05) is 12.1 Å². The van der Waals surface area contributed by atoms with Crippen LogP contribution in [0.5, 0.6) is 0 Å². The fourth-order valence-electron chi connectivity index (χ4n) is 2.44. The van der Waals surface area contributed by atoms with Gasteiger partial charge >= 0.3 is 0 Å². The van der Waals surface area contributed by atoms with Gasteiger partial charge in [-0.3, -0.25) is 4.90 Å². The lowest BCUT2D eigenvalue weighted by Gasteiger charge is -2.29. The van der Waals surface area contributed by atoms with Crippen molar-refractivity contribution in [1.82, 2.24) is 4.90 Å². The number of aryl methyl sites for hydroxylation is 1. The molecule has 2 rings (SSSR count). The van der Waals surface area contributed by atoms with Crippen LogP contribution in [0.15, 0.2) is 36.9 Å². The largest absolute Gasteiger partial charge is 0.622 e. The zero-order chi connectivity index (χ0) is 15.6. The normalized spacial score (nSPS) is 21.7. The second-order valence-corrected chi connectivity index (χ2v) is 7.97. The minimum absolute atomic E-state index is 0.261. The van der Waals surface area contributed by atoms with Crippen molar-refractivity contribution in [2.45, 2.75) is 31.7 Å². The molecule has 1 aromatic rings. The van der Waals surface area contributed by atoms with Crippen LogP contribution >= 0.6 is 24.0 Å². The number of hydrogen-bond donors (Lipinski definition) is 0. The van der Waals surface area contributed by atoms with Crippen LogP contribution in [0.4, 0.5) is 0 Å². The molecule has 1 unspecified atom stereocenters. The third kappa shape index (κ3) is 3.47. The zero-order valence-electron chi connectivity index (χ0n) is 12.6. The molecule has 1 aliphatic heterocycles. The number of hydroxylamine groups is 1. The molecule has 1 aliphatic rings. The maximum atomic E-state index is 12.7. The molecule has 0 spiro atoms. The van der Waals surface area contributed by atoms with E-state index in [9.17, 15) is 5.21 Å². The molecule has 0 radical (unpaired) electrons. The minimum atomic E-state index is -0.325. The van der Waals surface area contributed by atoms with Crippen LogP contribution in [0.2, 0.25) is 0 Å². The first-order valence-electron chi connectivity index (χ1n) is 6.82. The number of thiocarbonyl (C=S) groups is 1. The first-order valence-corrected chi connectivity index (χ1v) is 8.05. The van der Waals surface area contributed by atoms with E-state index < -0.39 is 0 Å². The molecule has 1 saturated heterocycles. The fourth-order valence-corrected chi connectivity index (χ4v) is 4.34. The fraction of sp³-hybridized carbons (Fsp3) is 0.375. The van der Waals surface area contributed by atoms with Crippen molar-refractivity contribution in [2.75, 3.05) is 6.54 Å². The summed E-state index contributed by atoms with van der Waals surface area (Å²) in [5, 5.41) is 12.7. The molecule has 3 nitrogen and oxygen atoms in total. The van der Waals surface area contributed by atoms with Crippen molar-refractivity contribution < 1.29 is 4.74 Å². The van der Waals surface area contributed by atoms with Gasteiger partial charge in [-0.25, -0.2) is 0 Å². The Hall–Kier alpha value is -1.33. The van der Waals surface area contributed by atoms with Crippen molar-refractivity contribution in [1.29, 1.82) is 0 Å². The van der Waals surface area contributed by atoms with Gasteiger partial charge in [-0.1, -0.05) is 47.8 Å². The molecule has 1 aromatic carbocycles. The van der Waals surface area contributed by atoms with E-state index in [1.54, 1.807) is 24.1 Å². The number of nitrogens with zero attached hydrogens (tertiary/aromatic N) is 2. The maximum absolute atomic E-state index is 12.7. The lowest BCUT2D eigenvalue weighted by Crippen LogP contribution is -2.47. The zero-order valence-corrected chi connectivity index (χ0v) is 14.2. The molecule has 0 aromatic heterocycles. The Balaban J connectivity index is 2.33. The van der Waals surface area contributed by atoms with Crippen molar-refractivity contribution in [3.05, 3.63) is 53.3 Å². The SMILES string of the molecule is C=CCN1C(=S)SC(C)(C)C1[N+]([O-])=Cc1ccc(C)cc1. The van der Waals surface area contributed by atoms with Crippen LogP contribution in [0, 0.1) is 12.1 Å². The molecule has 0 aliphatic carbocycles. The van der Waals surface area contributed by atoms with Crippen molar-refractivity contribution in [3.63, 3.8) is 0 Å². The Morgan fingerprint density at radius 3 is 2.62 bits per heavy atom. The molecular formula is C16H20N2OS2. The average molecular weight is 320 g/mol. The van der Waals surface area contributed by atoms with E-state index in [2.05, 4.69) is 6.58 Å². The van der Waals surface area contributed by atoms with Gasteiger partial charge in [0.15, 0.2) is 6.21 Å². The highest BCUT2D eigenvalue weighted by Gasteiger charge is 2.49. The summed E-state index contributed by atoms with van der Waals surface area (Å²) in [6, 6.07) is 7.90. The highest BCUT2D eigenvalue weighted by Crippen LogP contribution is 2.41. The van der Waals surface area contributed by atoms with Crippen molar-refractivity contribution in [2.24, 2.45) is 0 Å². The van der Waals surface area contributed by atoms with Crippen LogP contribution in [0.25, 0.3) is 0 Å². The summed E-state index contributed by atoms with van der Waals surface area (Å²) in [5.41, 5.74) is 2.07. The monoisotopic (exact) mass is 320 g/mol. The Morgan fingerprint density at radius 2 is 2.05 bits per heavy atom. The molecule has 0 saturated carbocycles. The predicted molar refractivity (Wildman–Crippen MR) is 94.9 cm³/mol. The van der Waals surface area contributed by atoms with E-state index in [0.29, 0.717) is 6.54 Å². The van der Waals surface area contributed by atoms with Crippen LogP contribution in [-0.4, -0.2) is 37.6 Å². The third-order valence-electron chi connectivity index (χ3n) is 3.42. The minimum Gasteiger partial charge on any atom is -0.622 e. The molecule has 1 fully saturated rings. The number of benzene rings is 1. The summed E-state index contributed by atoms with van der Waals surface area (Å²) in [6.07, 6.45) is 3.09. The van der Waals surface area contributed by atoms with Gasteiger partial charge in [0.25, 0.3) is 6.17 Å². The topological polar surface area (TPSA) is 29.3 Å². The Morgan fingerprint density at radius 1 is 1.43 bits per heavy atom. The van der Waals surface area contributed by atoms with Gasteiger partial charge in [-0.15, -0.1) is 6.58 Å². The summed E-state index contributed by atoms with van der Waals surface area (Å²) in [4.78, 5) is 1.94. The molecule has 5 heteroatoms. The third-order valence-corrected chi connectivity index (χ3v) is 5.05. The summed E-state index contributed by atoms with van der Waals surface area (Å²) in [6.45, 7) is 10.5. The molecule has 112 valence electrons. The molecule has 1 atom stereocenters. The second kappa shape index (κ2) is 6.20. The molecular weight excluding hydrogens is 300 g/mol. The van der Waals surface area contributed by atoms with Crippen LogP contribution in [0.3, 0.4) is 0 Å². The molecule has 1 heterocycles. The molecule has 0 bridgehead atoms. The van der Waals surface area contributed by atoms with E-state index in [4.69, 9.17) is 12.2 Å². The maximum Gasteiger partial charge on any atom is 0.254 e. The Bertz CT molecular complexity index is 578. The summed E-state index contributed by atoms with van der Waals surface area (Å²) >= 11 is 6.96. The second-order valence-electron chi connectivity index (χ2n) is 5.69. The first kappa shape index (κ1) is 16.0. The van der Waals surface area contributed by atoms with E-state index >= 15 is 0 Å². The van der Waals surface area contributed by atoms with Crippen LogP contribution < -0.4 is 0 Å². The predicted octanol–water partition coefficient (Wildman–Crippen LogP) is 3.55. The van der Waals surface area contributed by atoms with E-state index in [-0.39, 0.29) is 10.9 Å². The molecule has 0 N–H and O–H groups in total.